The van der Waals surface area contributed by atoms with Gasteiger partial charge < -0.3 is 10.4 Å². The Morgan fingerprint density at radius 2 is 1.55 bits per heavy atom. The van der Waals surface area contributed by atoms with Gasteiger partial charge in [-0.25, -0.2) is 4.79 Å². The van der Waals surface area contributed by atoms with Gasteiger partial charge in [-0.1, -0.05) is 53.7 Å². The fraction of sp³-hybridized carbons (Fsp3) is 0.333. The van der Waals surface area contributed by atoms with E-state index < -0.39 is 6.03 Å². The van der Waals surface area contributed by atoms with Crippen LogP contribution in [0.1, 0.15) is 52.7 Å². The van der Waals surface area contributed by atoms with Crippen LogP contribution < -0.4 is 10.7 Å². The Labute approximate surface area is 171 Å². The van der Waals surface area contributed by atoms with Crippen molar-refractivity contribution in [3.8, 4) is 5.75 Å². The first-order chi connectivity index (χ1) is 13.4. The van der Waals surface area contributed by atoms with Gasteiger partial charge in [0.15, 0.2) is 5.43 Å². The molecule has 2 aromatic carbocycles. The first kappa shape index (κ1) is 20.6. The summed E-state index contributed by atoms with van der Waals surface area (Å²) in [4.78, 5) is 25.2. The topological polar surface area (TPSA) is 71.3 Å². The highest BCUT2D eigenvalue weighted by Gasteiger charge is 2.26. The lowest BCUT2D eigenvalue weighted by atomic mass is 9.79. The van der Waals surface area contributed by atoms with Crippen LogP contribution in [-0.4, -0.2) is 15.7 Å². The maximum Gasteiger partial charge on any atom is 0.330 e. The Hall–Kier alpha value is -3.08. The molecular formula is C24H28N2O3. The van der Waals surface area contributed by atoms with E-state index in [0.29, 0.717) is 16.6 Å². The van der Waals surface area contributed by atoms with Crippen molar-refractivity contribution >= 4 is 22.6 Å². The number of carbonyl (C=O) groups excluding carboxylic acids is 1. The third-order valence-electron chi connectivity index (χ3n) is 5.02. The second-order valence-electron chi connectivity index (χ2n) is 9.41. The molecule has 0 saturated heterocycles. The molecule has 1 amide bonds. The van der Waals surface area contributed by atoms with Gasteiger partial charge in [-0.05, 0) is 40.2 Å². The lowest BCUT2D eigenvalue weighted by molar-refractivity contribution is 0.254. The number of para-hydroxylation sites is 1. The van der Waals surface area contributed by atoms with E-state index >= 15 is 0 Å². The Balaban J connectivity index is 2.11. The molecule has 3 rings (SSSR count). The summed E-state index contributed by atoms with van der Waals surface area (Å²) in [6.07, 6.45) is 1.47. The summed E-state index contributed by atoms with van der Waals surface area (Å²) in [5.41, 5.74) is 2.23. The molecule has 152 valence electrons. The van der Waals surface area contributed by atoms with Crippen molar-refractivity contribution in [3.05, 3.63) is 70.0 Å². The number of rotatable bonds is 1. The maximum absolute atomic E-state index is 13.1. The third kappa shape index (κ3) is 4.04. The van der Waals surface area contributed by atoms with Crippen molar-refractivity contribution in [3.63, 3.8) is 0 Å². The number of hydrogen-bond acceptors (Lipinski definition) is 3. The summed E-state index contributed by atoms with van der Waals surface area (Å²) in [7, 11) is 0. The van der Waals surface area contributed by atoms with Crippen LogP contribution in [0.5, 0.6) is 5.75 Å². The van der Waals surface area contributed by atoms with E-state index in [9.17, 15) is 14.7 Å². The molecule has 2 N–H and O–H groups in total. The first-order valence-electron chi connectivity index (χ1n) is 9.69. The Bertz CT molecular complexity index is 1150. The van der Waals surface area contributed by atoms with E-state index in [0.717, 1.165) is 11.1 Å². The second-order valence-corrected chi connectivity index (χ2v) is 9.41. The van der Waals surface area contributed by atoms with E-state index in [1.165, 1.54) is 16.8 Å². The number of amides is 1. The van der Waals surface area contributed by atoms with Crippen LogP contribution in [0.15, 0.2) is 53.5 Å². The summed E-state index contributed by atoms with van der Waals surface area (Å²) in [6.45, 7) is 12.3. The highest BCUT2D eigenvalue weighted by molar-refractivity contribution is 5.98. The van der Waals surface area contributed by atoms with Crippen molar-refractivity contribution in [1.29, 1.82) is 0 Å². The number of phenolic OH excluding ortho intramolecular Hbond substituents is 1. The molecule has 0 radical (unpaired) electrons. The zero-order chi connectivity index (χ0) is 21.6. The zero-order valence-electron chi connectivity index (χ0n) is 17.8. The minimum atomic E-state index is -0.394. The molecule has 0 spiro atoms. The molecule has 0 atom stereocenters. The molecule has 0 aliphatic heterocycles. The summed E-state index contributed by atoms with van der Waals surface area (Å²) >= 11 is 0. The maximum atomic E-state index is 13.1. The van der Waals surface area contributed by atoms with Crippen LogP contribution >= 0.6 is 0 Å². The van der Waals surface area contributed by atoms with Gasteiger partial charge in [-0.15, -0.1) is 0 Å². The number of aromatic hydroxyl groups is 1. The van der Waals surface area contributed by atoms with Crippen LogP contribution in [0.25, 0.3) is 10.9 Å². The molecule has 0 unspecified atom stereocenters. The number of nitrogens with zero attached hydrogens (tertiary/aromatic N) is 1. The average molecular weight is 392 g/mol. The number of aromatic nitrogens is 1. The van der Waals surface area contributed by atoms with Gasteiger partial charge in [0.2, 0.25) is 0 Å². The Kier molecular flexibility index (Phi) is 5.03. The number of phenols is 1. The molecule has 0 saturated carbocycles. The monoisotopic (exact) mass is 392 g/mol. The molecule has 0 bridgehead atoms. The number of anilines is 1. The molecule has 0 aliphatic rings. The molecular weight excluding hydrogens is 364 g/mol. The molecule has 5 heteroatoms. The number of benzene rings is 2. The van der Waals surface area contributed by atoms with E-state index in [4.69, 9.17) is 0 Å². The highest BCUT2D eigenvalue weighted by Crippen LogP contribution is 2.39. The third-order valence-corrected chi connectivity index (χ3v) is 5.02. The number of nitrogens with one attached hydrogen (secondary N) is 1. The van der Waals surface area contributed by atoms with E-state index in [2.05, 4.69) is 26.1 Å². The van der Waals surface area contributed by atoms with Gasteiger partial charge in [0.25, 0.3) is 0 Å². The van der Waals surface area contributed by atoms with Gasteiger partial charge >= 0.3 is 6.03 Å². The zero-order valence-corrected chi connectivity index (χ0v) is 17.8. The molecule has 1 aromatic heterocycles. The summed E-state index contributed by atoms with van der Waals surface area (Å²) in [5.74, 6) is 0.144. The predicted octanol–water partition coefficient (Wildman–Crippen LogP) is 5.38. The van der Waals surface area contributed by atoms with Crippen LogP contribution in [0.4, 0.5) is 10.5 Å². The Morgan fingerprint density at radius 1 is 0.931 bits per heavy atom. The van der Waals surface area contributed by atoms with Gasteiger partial charge in [-0.2, -0.15) is 0 Å². The molecule has 1 heterocycles. The van der Waals surface area contributed by atoms with Crippen molar-refractivity contribution in [2.45, 2.75) is 52.4 Å². The summed E-state index contributed by atoms with van der Waals surface area (Å²) in [5, 5.41) is 14.0. The fourth-order valence-corrected chi connectivity index (χ4v) is 3.47. The van der Waals surface area contributed by atoms with E-state index in [1.807, 2.05) is 26.8 Å². The van der Waals surface area contributed by atoms with Gasteiger partial charge in [-0.3, -0.25) is 9.36 Å². The van der Waals surface area contributed by atoms with Crippen molar-refractivity contribution in [1.82, 2.24) is 4.57 Å². The first-order valence-corrected chi connectivity index (χ1v) is 9.69. The minimum Gasteiger partial charge on any atom is -0.508 e. The second kappa shape index (κ2) is 7.07. The molecule has 0 aliphatic carbocycles. The Morgan fingerprint density at radius 3 is 2.17 bits per heavy atom. The molecule has 29 heavy (non-hydrogen) atoms. The number of fused-ring (bicyclic) bond motifs is 1. The molecule has 0 fully saturated rings. The molecule has 5 nitrogen and oxygen atoms in total. The lowest BCUT2D eigenvalue weighted by Gasteiger charge is -2.28. The summed E-state index contributed by atoms with van der Waals surface area (Å²) < 4.78 is 1.41. The van der Waals surface area contributed by atoms with Gasteiger partial charge in [0.05, 0.1) is 5.52 Å². The average Bonchev–Trinajstić information content (AvgIpc) is 2.60. The standard InChI is InChI=1S/C24H28N2O3/c1-23(2,3)16-13-17(24(4,5)6)21(28)14-18(16)25-22(29)26-12-11-20(27)15-9-7-8-10-19(15)26/h7-14,28H,1-6H3,(H,25,29). The van der Waals surface area contributed by atoms with E-state index in [1.54, 1.807) is 30.3 Å². The van der Waals surface area contributed by atoms with Crippen LogP contribution in [0.2, 0.25) is 0 Å². The highest BCUT2D eigenvalue weighted by atomic mass is 16.3. The fourth-order valence-electron chi connectivity index (χ4n) is 3.47. The van der Waals surface area contributed by atoms with E-state index in [-0.39, 0.29) is 22.0 Å². The van der Waals surface area contributed by atoms with Gasteiger partial charge in [0, 0.05) is 29.4 Å². The number of carbonyl (C=O) groups is 1. The smallest absolute Gasteiger partial charge is 0.330 e. The lowest BCUT2D eigenvalue weighted by Crippen LogP contribution is -2.25. The molecule has 3 aromatic rings. The van der Waals surface area contributed by atoms with Crippen LogP contribution in [0, 0.1) is 0 Å². The van der Waals surface area contributed by atoms with Crippen LogP contribution in [0.3, 0.4) is 0 Å². The number of hydrogen-bond donors (Lipinski definition) is 2. The predicted molar refractivity (Wildman–Crippen MR) is 118 cm³/mol. The van der Waals surface area contributed by atoms with Gasteiger partial charge in [0.1, 0.15) is 5.75 Å². The van der Waals surface area contributed by atoms with Crippen LogP contribution in [-0.2, 0) is 10.8 Å². The quantitative estimate of drug-likeness (QED) is 0.584. The van der Waals surface area contributed by atoms with Crippen molar-refractivity contribution in [2.75, 3.05) is 5.32 Å². The minimum absolute atomic E-state index is 0.132. The normalized spacial score (nSPS) is 12.2. The van der Waals surface area contributed by atoms with Crippen molar-refractivity contribution in [2.24, 2.45) is 0 Å². The van der Waals surface area contributed by atoms with Crippen molar-refractivity contribution < 1.29 is 9.90 Å². The summed E-state index contributed by atoms with van der Waals surface area (Å²) in [6, 6.07) is 11.6. The SMILES string of the molecule is CC(C)(C)c1cc(C(C)(C)C)c(NC(=O)n2ccc(=O)c3ccccc32)cc1O. The largest absolute Gasteiger partial charge is 0.508 e. The number of pyridine rings is 1.